The summed E-state index contributed by atoms with van der Waals surface area (Å²) in [5.41, 5.74) is 12.1. The Morgan fingerprint density at radius 2 is 1.40 bits per heavy atom. The van der Waals surface area contributed by atoms with Crippen molar-refractivity contribution in [3.63, 3.8) is 0 Å². The molecule has 2 bridgehead atoms. The highest BCUT2D eigenvalue weighted by molar-refractivity contribution is 8.00. The van der Waals surface area contributed by atoms with Crippen LogP contribution in [0.3, 0.4) is 0 Å². The van der Waals surface area contributed by atoms with Crippen LogP contribution in [-0.4, -0.2) is 219 Å². The summed E-state index contributed by atoms with van der Waals surface area (Å²) in [5, 5.41) is 46.2. The lowest BCUT2D eigenvalue weighted by molar-refractivity contribution is -0.136. The Labute approximate surface area is 517 Å². The molecule has 490 valence electrons. The number of guanidine groups is 1. The molecular formula is C54H85N21O13S. The van der Waals surface area contributed by atoms with Crippen molar-refractivity contribution >= 4 is 76.9 Å². The van der Waals surface area contributed by atoms with Gasteiger partial charge < -0.3 is 94.1 Å². The number of carbonyl (C=O) groups excluding carboxylic acids is 10. The van der Waals surface area contributed by atoms with Gasteiger partial charge in [0.2, 0.25) is 53.2 Å². The number of aromatic nitrogens is 7. The first kappa shape index (κ1) is 69.7. The number of fused-ring (bicyclic) bond motifs is 3. The van der Waals surface area contributed by atoms with Gasteiger partial charge in [0.15, 0.2) is 5.96 Å². The normalized spacial score (nSPS) is 23.4. The SMILES string of the molecule is CC(C)[C@@H]1NC(=O)[C@H](Cc2c[nH]cn2)NC(=O)[C@@H](NC(=O)COCCOCCOCCNC(=O)CCCCC2SC[C@H]3NC(=O)N[C@@H]23)Cc2cn(nn2)CCCC[C@@H](C(N)=O)NC(=O)CNC(=O)[C@H](Cc2c[nH]cn2)NC(=O)[C@H](CCCNC(=N)N)NC1=O. The smallest absolute Gasteiger partial charge is 0.315 e. The van der Waals surface area contributed by atoms with Crippen molar-refractivity contribution in [2.75, 3.05) is 65.0 Å². The molecule has 3 aromatic rings. The molecular weight excluding hydrogens is 1180 g/mol. The van der Waals surface area contributed by atoms with Gasteiger partial charge in [-0.25, -0.2) is 14.8 Å². The van der Waals surface area contributed by atoms with Crippen LogP contribution < -0.4 is 70.0 Å². The first-order valence-corrected chi connectivity index (χ1v) is 30.8. The maximum Gasteiger partial charge on any atom is 0.315 e. The minimum Gasteiger partial charge on any atom is -0.377 e. The number of hydrogen-bond acceptors (Lipinski definition) is 19. The minimum absolute atomic E-state index is 0.00426. The summed E-state index contributed by atoms with van der Waals surface area (Å²) in [6, 6.07) is -7.77. The lowest BCUT2D eigenvalue weighted by Gasteiger charge is -2.28. The number of primary amides is 1. The molecule has 2 saturated heterocycles. The number of unbranched alkanes of at least 4 members (excludes halogenated alkanes) is 1. The van der Waals surface area contributed by atoms with Crippen LogP contribution in [0.15, 0.2) is 31.2 Å². The summed E-state index contributed by atoms with van der Waals surface area (Å²) in [7, 11) is 0. The third-order valence-electron chi connectivity index (χ3n) is 14.6. The molecule has 6 heterocycles. The summed E-state index contributed by atoms with van der Waals surface area (Å²) in [5.74, 6) is -6.52. The molecule has 0 aromatic carbocycles. The molecule has 11 amide bonds. The van der Waals surface area contributed by atoms with Gasteiger partial charge in [-0.05, 0) is 50.9 Å². The fraction of sp³-hybridized carbons (Fsp3) is 0.648. The molecule has 2 fully saturated rings. The van der Waals surface area contributed by atoms with E-state index in [0.717, 1.165) is 25.0 Å². The highest BCUT2D eigenvalue weighted by Gasteiger charge is 2.43. The third-order valence-corrected chi connectivity index (χ3v) is 16.1. The van der Waals surface area contributed by atoms with E-state index >= 15 is 0 Å². The number of carbonyl (C=O) groups is 10. The number of nitrogens with two attached hydrogens (primary N) is 2. The molecule has 0 spiro atoms. The number of amides is 11. The van der Waals surface area contributed by atoms with Crippen molar-refractivity contribution in [2.45, 2.75) is 151 Å². The van der Waals surface area contributed by atoms with E-state index in [1.54, 1.807) is 20.0 Å². The number of rotatable bonds is 27. The van der Waals surface area contributed by atoms with Crippen LogP contribution >= 0.6 is 11.8 Å². The lowest BCUT2D eigenvalue weighted by Crippen LogP contribution is -2.61. The van der Waals surface area contributed by atoms with Gasteiger partial charge in [-0.15, -0.1) is 5.10 Å². The van der Waals surface area contributed by atoms with Crippen LogP contribution in [0.5, 0.6) is 0 Å². The average molecular weight is 1270 g/mol. The van der Waals surface area contributed by atoms with Crippen molar-refractivity contribution < 1.29 is 62.2 Å². The second-order valence-corrected chi connectivity index (χ2v) is 23.2. The largest absolute Gasteiger partial charge is 0.377 e. The number of nitrogens with zero attached hydrogens (tertiary/aromatic N) is 5. The summed E-state index contributed by atoms with van der Waals surface area (Å²) >= 11 is 1.85. The summed E-state index contributed by atoms with van der Waals surface area (Å²) in [6.45, 7) is 3.72. The highest BCUT2D eigenvalue weighted by atomic mass is 32.2. The maximum atomic E-state index is 14.5. The van der Waals surface area contributed by atoms with Gasteiger partial charge in [0.05, 0.1) is 81.4 Å². The number of aromatic amines is 2. The van der Waals surface area contributed by atoms with Crippen LogP contribution in [0.2, 0.25) is 0 Å². The van der Waals surface area contributed by atoms with Gasteiger partial charge in [-0.1, -0.05) is 25.5 Å². The Morgan fingerprint density at radius 1 is 0.730 bits per heavy atom. The predicted octanol–water partition coefficient (Wildman–Crippen LogP) is -4.74. The fourth-order valence-corrected chi connectivity index (χ4v) is 11.4. The monoisotopic (exact) mass is 1270 g/mol. The molecule has 18 N–H and O–H groups in total. The Bertz CT molecular complexity index is 2810. The van der Waals surface area contributed by atoms with E-state index in [1.807, 2.05) is 11.8 Å². The molecule has 0 aliphatic carbocycles. The highest BCUT2D eigenvalue weighted by Crippen LogP contribution is 2.33. The van der Waals surface area contributed by atoms with E-state index in [4.69, 9.17) is 31.1 Å². The van der Waals surface area contributed by atoms with E-state index < -0.39 is 103 Å². The molecule has 3 aliphatic rings. The number of H-pyrrole nitrogens is 2. The molecule has 0 radical (unpaired) electrons. The number of urea groups is 1. The number of nitrogens with one attached hydrogen (secondary N) is 14. The van der Waals surface area contributed by atoms with Crippen LogP contribution in [0.4, 0.5) is 4.79 Å². The topological polar surface area (TPSA) is 495 Å². The van der Waals surface area contributed by atoms with E-state index in [1.165, 1.54) is 29.7 Å². The lowest BCUT2D eigenvalue weighted by atomic mass is 10.0. The number of aryl methyl sites for hydroxylation is 1. The zero-order chi connectivity index (χ0) is 64.1. The van der Waals surface area contributed by atoms with Crippen molar-refractivity contribution in [1.29, 1.82) is 5.41 Å². The number of ether oxygens (including phenoxy) is 3. The van der Waals surface area contributed by atoms with Crippen LogP contribution in [0.1, 0.15) is 88.7 Å². The van der Waals surface area contributed by atoms with Crippen LogP contribution in [0, 0.1) is 11.3 Å². The Hall–Kier alpha value is -8.44. The van der Waals surface area contributed by atoms with E-state index in [2.05, 4.69) is 88.7 Å². The Morgan fingerprint density at radius 3 is 2.09 bits per heavy atom. The molecule has 6 rings (SSSR count). The Kier molecular flexibility index (Phi) is 28.8. The van der Waals surface area contributed by atoms with Gasteiger partial charge in [0, 0.05) is 74.9 Å². The second-order valence-electron chi connectivity index (χ2n) is 22.0. The average Bonchev–Trinajstić information content (AvgIpc) is 2.13. The Balaban J connectivity index is 1.08. The number of thioether (sulfide) groups is 1. The van der Waals surface area contributed by atoms with E-state index in [9.17, 15) is 47.9 Å². The first-order valence-electron chi connectivity index (χ1n) is 29.8. The van der Waals surface area contributed by atoms with Crippen molar-refractivity contribution in [2.24, 2.45) is 17.4 Å². The van der Waals surface area contributed by atoms with Crippen molar-refractivity contribution in [3.8, 4) is 0 Å². The van der Waals surface area contributed by atoms with Crippen LogP contribution in [0.25, 0.3) is 0 Å². The summed E-state index contributed by atoms with van der Waals surface area (Å²) in [4.78, 5) is 148. The molecule has 3 aromatic heterocycles. The number of hydrogen-bond donors (Lipinski definition) is 16. The van der Waals surface area contributed by atoms with E-state index in [0.29, 0.717) is 42.4 Å². The molecule has 35 heteroatoms. The van der Waals surface area contributed by atoms with Gasteiger partial charge in [0.1, 0.15) is 42.9 Å². The molecule has 9 atom stereocenters. The molecule has 0 saturated carbocycles. The molecule has 3 aliphatic heterocycles. The predicted molar refractivity (Wildman–Crippen MR) is 319 cm³/mol. The summed E-state index contributed by atoms with van der Waals surface area (Å²) in [6.07, 6.45) is 10.7. The number of imidazole rings is 2. The van der Waals surface area contributed by atoms with E-state index in [-0.39, 0.29) is 120 Å². The van der Waals surface area contributed by atoms with Gasteiger partial charge in [0.25, 0.3) is 0 Å². The second kappa shape index (κ2) is 36.8. The summed E-state index contributed by atoms with van der Waals surface area (Å²) < 4.78 is 18.2. The fourth-order valence-electron chi connectivity index (χ4n) is 9.90. The molecule has 34 nitrogen and oxygen atoms in total. The van der Waals surface area contributed by atoms with Crippen molar-refractivity contribution in [3.05, 3.63) is 48.3 Å². The zero-order valence-corrected chi connectivity index (χ0v) is 50.8. The van der Waals surface area contributed by atoms with Crippen LogP contribution in [-0.2, 0) is 83.2 Å². The van der Waals surface area contributed by atoms with Crippen molar-refractivity contribution in [1.82, 2.24) is 93.4 Å². The minimum atomic E-state index is -1.41. The maximum absolute atomic E-state index is 14.5. The van der Waals surface area contributed by atoms with Gasteiger partial charge in [-0.2, -0.15) is 11.8 Å². The molecule has 89 heavy (non-hydrogen) atoms. The third kappa shape index (κ3) is 24.6. The standard InChI is InChI=1S/C54H85N21O13S/c1-31(2)45-52(84)67-36(9-7-12-61-53(56)57)49(81)68-37(20-32-23-58-29-63-32)48(80)62-25-43(77)65-35(47(55)79)8-5-6-14-75-26-34(73-74-75)22-38(50(82)69-39(51(83)71-45)21-33-24-59-30-64-33)66-44(78)27-88-19-18-87-17-16-86-15-13-60-42(76)11-4-3-10-41-46-40(28-89-41)70-54(85)72-46/h23-24,26,29-31,35-41,45-46H,3-22,25,27-28H2,1-2H3,(H2,55,79)(H,58,63)(H,59,64)(H,60,76)(H,62,80)(H,65,77)(H,66,78)(H,67,84)(H,68,81)(H,69,82)(H,71,83)(H4,56,57,61)(H2,70,72,85)/t35-,36-,37-,38-,39-,40+,41?,45-,46+/m0/s1. The first-order chi connectivity index (χ1) is 42.8. The van der Waals surface area contributed by atoms with Gasteiger partial charge >= 0.3 is 6.03 Å². The quantitative estimate of drug-likeness (QED) is 0.0147. The van der Waals surface area contributed by atoms with Gasteiger partial charge in [-0.3, -0.25) is 53.2 Å². The zero-order valence-electron chi connectivity index (χ0n) is 50.0. The molecule has 1 unspecified atom stereocenters.